The van der Waals surface area contributed by atoms with Gasteiger partial charge in [0.25, 0.3) is 0 Å². The van der Waals surface area contributed by atoms with Gasteiger partial charge < -0.3 is 9.84 Å². The number of rotatable bonds is 6. The van der Waals surface area contributed by atoms with Gasteiger partial charge in [0, 0.05) is 19.0 Å². The molecule has 1 fully saturated rings. The number of nitrogens with zero attached hydrogens (tertiary/aromatic N) is 2. The first-order valence-electron chi connectivity index (χ1n) is 7.22. The second-order valence-electron chi connectivity index (χ2n) is 5.91. The molecular formula is C14H25N3O. The minimum Gasteiger partial charge on any atom is -0.343 e. The van der Waals surface area contributed by atoms with Crippen LogP contribution in [-0.2, 0) is 6.42 Å². The first-order valence-corrected chi connectivity index (χ1v) is 7.22. The molecule has 0 radical (unpaired) electrons. The smallest absolute Gasteiger partial charge is 0.213 e. The molecule has 0 bridgehead atoms. The topological polar surface area (TPSA) is 51.0 Å². The van der Waals surface area contributed by atoms with E-state index in [4.69, 9.17) is 4.52 Å². The zero-order valence-electron chi connectivity index (χ0n) is 11.6. The fourth-order valence-electron chi connectivity index (χ4n) is 3.05. The van der Waals surface area contributed by atoms with Crippen LogP contribution >= 0.6 is 0 Å². The van der Waals surface area contributed by atoms with Gasteiger partial charge in [-0.1, -0.05) is 31.8 Å². The molecular weight excluding hydrogens is 226 g/mol. The second-order valence-corrected chi connectivity index (χ2v) is 5.91. The summed E-state index contributed by atoms with van der Waals surface area (Å²) in [6, 6.07) is 0.689. The molecule has 0 saturated heterocycles. The quantitative estimate of drug-likeness (QED) is 0.844. The van der Waals surface area contributed by atoms with Crippen LogP contribution in [0.2, 0.25) is 0 Å². The average Bonchev–Trinajstić information content (AvgIpc) is 2.82. The van der Waals surface area contributed by atoms with Gasteiger partial charge in [-0.25, -0.2) is 0 Å². The molecule has 2 atom stereocenters. The predicted molar refractivity (Wildman–Crippen MR) is 71.2 cm³/mol. The Morgan fingerprint density at radius 3 is 3.06 bits per heavy atom. The molecule has 1 aromatic rings. The Morgan fingerprint density at radius 1 is 1.44 bits per heavy atom. The van der Waals surface area contributed by atoms with Crippen LogP contribution < -0.4 is 5.32 Å². The third-order valence-corrected chi connectivity index (χ3v) is 3.78. The SMILES string of the molecule is CC(C)CC1CCCC(NCCc2ncon2)C1. The summed E-state index contributed by atoms with van der Waals surface area (Å²) in [6.07, 6.45) is 9.09. The van der Waals surface area contributed by atoms with Gasteiger partial charge in [-0.2, -0.15) is 4.98 Å². The van der Waals surface area contributed by atoms with Crippen molar-refractivity contribution in [2.75, 3.05) is 6.54 Å². The van der Waals surface area contributed by atoms with E-state index in [1.807, 2.05) is 0 Å². The molecule has 1 aliphatic carbocycles. The molecule has 0 aliphatic heterocycles. The highest BCUT2D eigenvalue weighted by Gasteiger charge is 2.22. The fourth-order valence-corrected chi connectivity index (χ4v) is 3.05. The third-order valence-electron chi connectivity index (χ3n) is 3.78. The van der Waals surface area contributed by atoms with Crippen molar-refractivity contribution in [2.45, 2.75) is 58.4 Å². The van der Waals surface area contributed by atoms with Crippen molar-refractivity contribution in [3.05, 3.63) is 12.2 Å². The average molecular weight is 251 g/mol. The molecule has 0 aromatic carbocycles. The minimum absolute atomic E-state index is 0.689. The van der Waals surface area contributed by atoms with Crippen LogP contribution in [0.5, 0.6) is 0 Å². The fraction of sp³-hybridized carbons (Fsp3) is 0.857. The van der Waals surface area contributed by atoms with Crippen LogP contribution in [0, 0.1) is 11.8 Å². The maximum atomic E-state index is 4.73. The van der Waals surface area contributed by atoms with Gasteiger partial charge in [-0.3, -0.25) is 0 Å². The Kier molecular flexibility index (Phi) is 5.17. The van der Waals surface area contributed by atoms with E-state index < -0.39 is 0 Å². The monoisotopic (exact) mass is 251 g/mol. The van der Waals surface area contributed by atoms with Gasteiger partial charge in [-0.15, -0.1) is 0 Å². The zero-order chi connectivity index (χ0) is 12.8. The van der Waals surface area contributed by atoms with Crippen molar-refractivity contribution in [3.63, 3.8) is 0 Å². The summed E-state index contributed by atoms with van der Waals surface area (Å²) in [5.74, 6) is 2.55. The summed E-state index contributed by atoms with van der Waals surface area (Å²) in [7, 11) is 0. The molecule has 1 saturated carbocycles. The molecule has 2 unspecified atom stereocenters. The first kappa shape index (κ1) is 13.5. The Labute approximate surface area is 110 Å². The Hall–Kier alpha value is -0.900. The van der Waals surface area contributed by atoms with E-state index in [-0.39, 0.29) is 0 Å². The Balaban J connectivity index is 1.66. The zero-order valence-corrected chi connectivity index (χ0v) is 11.6. The van der Waals surface area contributed by atoms with Gasteiger partial charge in [0.15, 0.2) is 5.82 Å². The van der Waals surface area contributed by atoms with Gasteiger partial charge in [0.05, 0.1) is 0 Å². The van der Waals surface area contributed by atoms with Crippen LogP contribution in [0.4, 0.5) is 0 Å². The summed E-state index contributed by atoms with van der Waals surface area (Å²) in [5.41, 5.74) is 0. The molecule has 0 amide bonds. The normalized spacial score (nSPS) is 24.6. The van der Waals surface area contributed by atoms with Crippen molar-refractivity contribution >= 4 is 0 Å². The molecule has 2 rings (SSSR count). The van der Waals surface area contributed by atoms with Crippen LogP contribution in [0.1, 0.15) is 51.8 Å². The molecule has 1 N–H and O–H groups in total. The third kappa shape index (κ3) is 4.41. The summed E-state index contributed by atoms with van der Waals surface area (Å²) in [6.45, 7) is 5.61. The molecule has 4 nitrogen and oxygen atoms in total. The molecule has 4 heteroatoms. The van der Waals surface area contributed by atoms with E-state index in [9.17, 15) is 0 Å². The highest BCUT2D eigenvalue weighted by molar-refractivity contribution is 4.82. The van der Waals surface area contributed by atoms with Gasteiger partial charge in [0.1, 0.15) is 0 Å². The predicted octanol–water partition coefficient (Wildman–Crippen LogP) is 2.81. The van der Waals surface area contributed by atoms with Crippen molar-refractivity contribution < 1.29 is 4.52 Å². The van der Waals surface area contributed by atoms with Crippen molar-refractivity contribution in [2.24, 2.45) is 11.8 Å². The van der Waals surface area contributed by atoms with Gasteiger partial charge >= 0.3 is 0 Å². The molecule has 1 aliphatic rings. The Morgan fingerprint density at radius 2 is 2.33 bits per heavy atom. The summed E-state index contributed by atoms with van der Waals surface area (Å²) < 4.78 is 4.73. The summed E-state index contributed by atoms with van der Waals surface area (Å²) in [5, 5.41) is 7.47. The van der Waals surface area contributed by atoms with Crippen LogP contribution in [0.15, 0.2) is 10.9 Å². The number of hydrogen-bond donors (Lipinski definition) is 1. The van der Waals surface area contributed by atoms with E-state index in [0.29, 0.717) is 6.04 Å². The van der Waals surface area contributed by atoms with E-state index in [1.165, 1.54) is 38.5 Å². The standard InChI is InChI=1S/C14H25N3O/c1-11(2)8-12-4-3-5-13(9-12)15-7-6-14-16-10-18-17-14/h10-13,15H,3-9H2,1-2H3. The summed E-state index contributed by atoms with van der Waals surface area (Å²) >= 11 is 0. The van der Waals surface area contributed by atoms with Gasteiger partial charge in [0.2, 0.25) is 6.39 Å². The van der Waals surface area contributed by atoms with Gasteiger partial charge in [-0.05, 0) is 31.1 Å². The second kappa shape index (κ2) is 6.88. The van der Waals surface area contributed by atoms with E-state index >= 15 is 0 Å². The van der Waals surface area contributed by atoms with E-state index in [0.717, 1.165) is 30.6 Å². The van der Waals surface area contributed by atoms with E-state index in [2.05, 4.69) is 29.3 Å². The molecule has 102 valence electrons. The lowest BCUT2D eigenvalue weighted by Gasteiger charge is -2.30. The van der Waals surface area contributed by atoms with Crippen molar-refractivity contribution in [3.8, 4) is 0 Å². The van der Waals surface area contributed by atoms with Crippen LogP contribution in [0.3, 0.4) is 0 Å². The van der Waals surface area contributed by atoms with Crippen molar-refractivity contribution in [1.29, 1.82) is 0 Å². The lowest BCUT2D eigenvalue weighted by molar-refractivity contribution is 0.253. The first-order chi connectivity index (χ1) is 8.74. The highest BCUT2D eigenvalue weighted by atomic mass is 16.5. The Bertz CT molecular complexity index is 324. The molecule has 18 heavy (non-hydrogen) atoms. The number of aromatic nitrogens is 2. The molecule has 1 heterocycles. The maximum absolute atomic E-state index is 4.73. The maximum Gasteiger partial charge on any atom is 0.213 e. The highest BCUT2D eigenvalue weighted by Crippen LogP contribution is 2.29. The summed E-state index contributed by atoms with van der Waals surface area (Å²) in [4.78, 5) is 4.04. The van der Waals surface area contributed by atoms with Crippen LogP contribution in [0.25, 0.3) is 0 Å². The van der Waals surface area contributed by atoms with Crippen molar-refractivity contribution in [1.82, 2.24) is 15.5 Å². The lowest BCUT2D eigenvalue weighted by Crippen LogP contribution is -2.35. The van der Waals surface area contributed by atoms with E-state index in [1.54, 1.807) is 0 Å². The molecule has 0 spiro atoms. The lowest BCUT2D eigenvalue weighted by atomic mass is 9.81. The minimum atomic E-state index is 0.689. The number of nitrogens with one attached hydrogen (secondary N) is 1. The molecule has 1 aromatic heterocycles. The largest absolute Gasteiger partial charge is 0.343 e. The van der Waals surface area contributed by atoms with Crippen LogP contribution in [-0.4, -0.2) is 22.7 Å². The number of hydrogen-bond acceptors (Lipinski definition) is 4.